The number of hydrogen-bond donors (Lipinski definition) is 1. The zero-order chi connectivity index (χ0) is 16.0. The first-order valence-electron chi connectivity index (χ1n) is 6.75. The summed E-state index contributed by atoms with van der Waals surface area (Å²) in [6.45, 7) is 4.69. The van der Waals surface area contributed by atoms with Crippen LogP contribution in [0.15, 0.2) is 22.7 Å². The minimum Gasteiger partial charge on any atom is -0.483 e. The maximum Gasteiger partial charge on any atom is 0.260 e. The van der Waals surface area contributed by atoms with Crippen molar-refractivity contribution in [1.82, 2.24) is 4.90 Å². The topological polar surface area (TPSA) is 55.6 Å². The Hall–Kier alpha value is -1.14. The Labute approximate surface area is 139 Å². The Morgan fingerprint density at radius 1 is 1.48 bits per heavy atom. The Morgan fingerprint density at radius 2 is 2.14 bits per heavy atom. The van der Waals surface area contributed by atoms with E-state index in [-0.39, 0.29) is 12.5 Å². The number of hydrogen-bond acceptors (Lipinski definition) is 3. The highest BCUT2D eigenvalue weighted by atomic mass is 79.9. The molecule has 0 unspecified atom stereocenters. The summed E-state index contributed by atoms with van der Waals surface area (Å²) in [5.41, 5.74) is 6.50. The lowest BCUT2D eigenvalue weighted by molar-refractivity contribution is -0.131. The minimum absolute atomic E-state index is 0.00911. The van der Waals surface area contributed by atoms with Gasteiger partial charge in [-0.1, -0.05) is 42.0 Å². The van der Waals surface area contributed by atoms with Crippen LogP contribution in [0.1, 0.15) is 31.7 Å². The average molecular weight is 373 g/mol. The van der Waals surface area contributed by atoms with Crippen molar-refractivity contribution in [1.29, 1.82) is 0 Å². The van der Waals surface area contributed by atoms with E-state index in [1.165, 1.54) is 0 Å². The third kappa shape index (κ3) is 6.01. The predicted molar refractivity (Wildman–Crippen MR) is 92.8 cm³/mol. The first-order valence-corrected chi connectivity index (χ1v) is 7.96. The van der Waals surface area contributed by atoms with Crippen LogP contribution in [0.3, 0.4) is 0 Å². The molecule has 0 aliphatic heterocycles. The highest BCUT2D eigenvalue weighted by molar-refractivity contribution is 9.10. The number of ether oxygens (including phenoxy) is 1. The van der Waals surface area contributed by atoms with E-state index in [1.54, 1.807) is 11.9 Å². The van der Waals surface area contributed by atoms with Gasteiger partial charge in [0.25, 0.3) is 5.91 Å². The monoisotopic (exact) mass is 372 g/mol. The van der Waals surface area contributed by atoms with Crippen molar-refractivity contribution >= 4 is 39.0 Å². The SMILES string of the molecule is CC(C)c1cc(Br)ccc1OCC(=O)N(C)CCC(N)=S. The fraction of sp³-hybridized carbons (Fsp3) is 0.467. The molecule has 0 radical (unpaired) electrons. The Balaban J connectivity index is 2.62. The molecule has 21 heavy (non-hydrogen) atoms. The van der Waals surface area contributed by atoms with E-state index in [0.717, 1.165) is 15.8 Å². The van der Waals surface area contributed by atoms with Crippen molar-refractivity contribution in [2.45, 2.75) is 26.2 Å². The molecule has 116 valence electrons. The molecule has 0 saturated carbocycles. The molecule has 1 aromatic carbocycles. The lowest BCUT2D eigenvalue weighted by Gasteiger charge is -2.19. The van der Waals surface area contributed by atoms with Crippen molar-refractivity contribution in [2.24, 2.45) is 5.73 Å². The van der Waals surface area contributed by atoms with Crippen LogP contribution in [0.25, 0.3) is 0 Å². The van der Waals surface area contributed by atoms with Crippen LogP contribution in [-0.2, 0) is 4.79 Å². The second kappa shape index (κ2) is 8.34. The number of nitrogens with zero attached hydrogens (tertiary/aromatic N) is 1. The van der Waals surface area contributed by atoms with Crippen LogP contribution in [0.2, 0.25) is 0 Å². The maximum atomic E-state index is 12.0. The van der Waals surface area contributed by atoms with E-state index >= 15 is 0 Å². The second-order valence-corrected chi connectivity index (χ2v) is 6.60. The van der Waals surface area contributed by atoms with E-state index < -0.39 is 0 Å². The Bertz CT molecular complexity index is 520. The van der Waals surface area contributed by atoms with Gasteiger partial charge in [0.1, 0.15) is 5.75 Å². The Morgan fingerprint density at radius 3 is 2.71 bits per heavy atom. The number of likely N-dealkylation sites (N-methyl/N-ethyl adjacent to an activating group) is 1. The van der Waals surface area contributed by atoms with Crippen LogP contribution >= 0.6 is 28.1 Å². The number of nitrogens with two attached hydrogens (primary N) is 1. The van der Waals surface area contributed by atoms with E-state index in [4.69, 9.17) is 22.7 Å². The van der Waals surface area contributed by atoms with Crippen molar-refractivity contribution in [3.8, 4) is 5.75 Å². The molecule has 1 aromatic rings. The van der Waals surface area contributed by atoms with Gasteiger partial charge in [0.2, 0.25) is 0 Å². The molecule has 0 heterocycles. The fourth-order valence-corrected chi connectivity index (χ4v) is 2.22. The fourth-order valence-electron chi connectivity index (χ4n) is 1.75. The summed E-state index contributed by atoms with van der Waals surface area (Å²) in [5, 5.41) is 0. The number of carbonyl (C=O) groups excluding carboxylic acids is 1. The van der Waals surface area contributed by atoms with Gasteiger partial charge in [-0.15, -0.1) is 0 Å². The first-order chi connectivity index (χ1) is 9.81. The van der Waals surface area contributed by atoms with Crippen molar-refractivity contribution < 1.29 is 9.53 Å². The minimum atomic E-state index is -0.0936. The number of carbonyl (C=O) groups is 1. The van der Waals surface area contributed by atoms with Crippen LogP contribution in [0.4, 0.5) is 0 Å². The molecule has 4 nitrogen and oxygen atoms in total. The molecule has 1 rings (SSSR count). The molecule has 6 heteroatoms. The zero-order valence-corrected chi connectivity index (χ0v) is 15.0. The summed E-state index contributed by atoms with van der Waals surface area (Å²) in [5.74, 6) is 0.966. The third-order valence-electron chi connectivity index (χ3n) is 3.06. The van der Waals surface area contributed by atoms with Crippen molar-refractivity contribution in [3.05, 3.63) is 28.2 Å². The number of thiocarbonyl (C=S) groups is 1. The van der Waals surface area contributed by atoms with Gasteiger partial charge in [0.05, 0.1) is 4.99 Å². The van der Waals surface area contributed by atoms with E-state index in [1.807, 2.05) is 18.2 Å². The molecule has 0 aliphatic rings. The number of amides is 1. The van der Waals surface area contributed by atoms with Gasteiger partial charge in [0.15, 0.2) is 6.61 Å². The third-order valence-corrected chi connectivity index (χ3v) is 3.76. The van der Waals surface area contributed by atoms with Crippen molar-refractivity contribution in [3.63, 3.8) is 0 Å². The summed E-state index contributed by atoms with van der Waals surface area (Å²) < 4.78 is 6.67. The summed E-state index contributed by atoms with van der Waals surface area (Å²) in [4.78, 5) is 14.0. The standard InChI is InChI=1S/C15H21BrN2O2S/c1-10(2)12-8-11(16)4-5-13(12)20-9-15(19)18(3)7-6-14(17)21/h4-5,8,10H,6-7,9H2,1-3H3,(H2,17,21). The van der Waals surface area contributed by atoms with Gasteiger partial charge in [0, 0.05) is 24.5 Å². The average Bonchev–Trinajstić information content (AvgIpc) is 2.42. The number of benzene rings is 1. The van der Waals surface area contributed by atoms with Gasteiger partial charge in [-0.25, -0.2) is 0 Å². The second-order valence-electron chi connectivity index (χ2n) is 5.16. The maximum absolute atomic E-state index is 12.0. The van der Waals surface area contributed by atoms with E-state index in [0.29, 0.717) is 23.9 Å². The summed E-state index contributed by atoms with van der Waals surface area (Å²) in [6, 6.07) is 5.80. The number of rotatable bonds is 7. The normalized spacial score (nSPS) is 10.5. The van der Waals surface area contributed by atoms with Crippen LogP contribution in [0.5, 0.6) is 5.75 Å². The zero-order valence-electron chi connectivity index (χ0n) is 12.6. The lowest BCUT2D eigenvalue weighted by Crippen LogP contribution is -2.33. The summed E-state index contributed by atoms with van der Waals surface area (Å²) in [6.07, 6.45) is 0.521. The van der Waals surface area contributed by atoms with Gasteiger partial charge >= 0.3 is 0 Å². The first kappa shape index (κ1) is 17.9. The number of halogens is 1. The van der Waals surface area contributed by atoms with Gasteiger partial charge < -0.3 is 15.4 Å². The summed E-state index contributed by atoms with van der Waals surface area (Å²) >= 11 is 8.25. The van der Waals surface area contributed by atoms with E-state index in [9.17, 15) is 4.79 Å². The van der Waals surface area contributed by atoms with Crippen molar-refractivity contribution in [2.75, 3.05) is 20.2 Å². The van der Waals surface area contributed by atoms with Crippen LogP contribution in [0, 0.1) is 0 Å². The Kier molecular flexibility index (Phi) is 7.11. The highest BCUT2D eigenvalue weighted by Gasteiger charge is 2.13. The molecule has 0 spiro atoms. The molecule has 0 bridgehead atoms. The molecule has 0 aliphatic carbocycles. The predicted octanol–water partition coefficient (Wildman–Crippen LogP) is 3.09. The molecule has 1 amide bonds. The summed E-state index contributed by atoms with van der Waals surface area (Å²) in [7, 11) is 1.72. The molecule has 0 atom stereocenters. The molecule has 2 N–H and O–H groups in total. The quantitative estimate of drug-likeness (QED) is 0.747. The highest BCUT2D eigenvalue weighted by Crippen LogP contribution is 2.29. The molecular weight excluding hydrogens is 352 g/mol. The van der Waals surface area contributed by atoms with E-state index in [2.05, 4.69) is 29.8 Å². The van der Waals surface area contributed by atoms with Gasteiger partial charge in [-0.05, 0) is 29.7 Å². The molecular formula is C15H21BrN2O2S. The smallest absolute Gasteiger partial charge is 0.260 e. The van der Waals surface area contributed by atoms with Crippen LogP contribution < -0.4 is 10.5 Å². The molecule has 0 fully saturated rings. The lowest BCUT2D eigenvalue weighted by atomic mass is 10.0. The van der Waals surface area contributed by atoms with Gasteiger partial charge in [-0.2, -0.15) is 0 Å². The largest absolute Gasteiger partial charge is 0.483 e. The molecule has 0 saturated heterocycles. The molecule has 0 aromatic heterocycles. The van der Waals surface area contributed by atoms with Gasteiger partial charge in [-0.3, -0.25) is 4.79 Å². The van der Waals surface area contributed by atoms with Crippen LogP contribution in [-0.4, -0.2) is 36.0 Å².